The van der Waals surface area contributed by atoms with Crippen LogP contribution in [0.2, 0.25) is 0 Å². The summed E-state index contributed by atoms with van der Waals surface area (Å²) in [5.74, 6) is 1.89. The largest absolute Gasteiger partial charge is 0.356 e. The number of nitrogens with zero attached hydrogens (tertiary/aromatic N) is 5. The van der Waals surface area contributed by atoms with Crippen molar-refractivity contribution < 1.29 is 0 Å². The number of halogens is 1. The molecule has 0 radical (unpaired) electrons. The van der Waals surface area contributed by atoms with Gasteiger partial charge in [0.1, 0.15) is 5.82 Å². The van der Waals surface area contributed by atoms with Gasteiger partial charge in [0.25, 0.3) is 0 Å². The smallest absolute Gasteiger partial charge is 0.345 e. The summed E-state index contributed by atoms with van der Waals surface area (Å²) in [5.41, 5.74) is 0.423. The van der Waals surface area contributed by atoms with Crippen LogP contribution in [0.3, 0.4) is 0 Å². The topological polar surface area (TPSA) is 67.5 Å². The fourth-order valence-corrected chi connectivity index (χ4v) is 3.72. The van der Waals surface area contributed by atoms with Crippen molar-refractivity contribution in [2.75, 3.05) is 20.1 Å². The van der Waals surface area contributed by atoms with Gasteiger partial charge in [0.05, 0.1) is 0 Å². The molecule has 2 aliphatic heterocycles. The van der Waals surface area contributed by atoms with E-state index in [0.29, 0.717) is 6.54 Å². The molecule has 1 aromatic heterocycles. The molecule has 3 heterocycles. The predicted octanol–water partition coefficient (Wildman–Crippen LogP) is 2.08. The van der Waals surface area contributed by atoms with Crippen molar-refractivity contribution in [3.63, 3.8) is 0 Å². The monoisotopic (exact) mass is 476 g/mol. The Bertz CT molecular complexity index is 718. The maximum Gasteiger partial charge on any atom is 0.345 e. The minimum absolute atomic E-state index is 0. The van der Waals surface area contributed by atoms with Crippen LogP contribution in [0.1, 0.15) is 52.8 Å². The molecule has 0 saturated carbocycles. The number of aryl methyl sites for hydroxylation is 2. The van der Waals surface area contributed by atoms with E-state index in [-0.39, 0.29) is 40.6 Å². The van der Waals surface area contributed by atoms with Gasteiger partial charge in [0, 0.05) is 50.6 Å². The van der Waals surface area contributed by atoms with E-state index in [2.05, 4.69) is 48.0 Å². The quantitative estimate of drug-likeness (QED) is 0.313. The number of aliphatic imine (C=N–C) groups is 1. The highest BCUT2D eigenvalue weighted by Gasteiger charge is 2.53. The van der Waals surface area contributed by atoms with Crippen molar-refractivity contribution in [3.05, 3.63) is 16.3 Å². The van der Waals surface area contributed by atoms with Crippen molar-refractivity contribution in [2.24, 2.45) is 10.4 Å². The third-order valence-electron chi connectivity index (χ3n) is 6.21. The van der Waals surface area contributed by atoms with E-state index in [1.165, 1.54) is 0 Å². The molecule has 0 aliphatic carbocycles. The highest BCUT2D eigenvalue weighted by Crippen LogP contribution is 2.46. The number of aromatic nitrogens is 3. The molecule has 0 atom stereocenters. The Labute approximate surface area is 173 Å². The van der Waals surface area contributed by atoms with Gasteiger partial charge >= 0.3 is 5.69 Å². The van der Waals surface area contributed by atoms with Gasteiger partial charge in [-0.25, -0.2) is 9.48 Å². The van der Waals surface area contributed by atoms with Crippen LogP contribution in [0.25, 0.3) is 0 Å². The van der Waals surface area contributed by atoms with Crippen molar-refractivity contribution in [2.45, 2.75) is 72.0 Å². The van der Waals surface area contributed by atoms with Crippen LogP contribution in [0, 0.1) is 5.41 Å². The summed E-state index contributed by atoms with van der Waals surface area (Å²) in [4.78, 5) is 19.1. The standard InChI is InChI=1S/C18H32N6O.HI/c1-17(2)13-23(18(17,3)4)15(19-5)20-10-8-12-24-16(25)22-11-7-6-9-14(22)21-24;/h6-13H2,1-5H3,(H,19,20);1H. The Morgan fingerprint density at radius 2 is 2.00 bits per heavy atom. The Kier molecular flexibility index (Phi) is 6.45. The van der Waals surface area contributed by atoms with Gasteiger partial charge in [-0.05, 0) is 33.1 Å². The first-order valence-corrected chi connectivity index (χ1v) is 9.43. The van der Waals surface area contributed by atoms with Gasteiger partial charge in [-0.15, -0.1) is 24.0 Å². The van der Waals surface area contributed by atoms with E-state index < -0.39 is 0 Å². The Morgan fingerprint density at radius 1 is 1.27 bits per heavy atom. The number of guanidine groups is 1. The van der Waals surface area contributed by atoms with Gasteiger partial charge in [0.2, 0.25) is 0 Å². The van der Waals surface area contributed by atoms with Gasteiger partial charge < -0.3 is 10.2 Å². The molecule has 1 aromatic rings. The number of fused-ring (bicyclic) bond motifs is 1. The Balaban J connectivity index is 0.00000243. The molecule has 0 bridgehead atoms. The fourth-order valence-electron chi connectivity index (χ4n) is 3.72. The van der Waals surface area contributed by atoms with E-state index in [1.807, 2.05) is 11.6 Å². The third-order valence-corrected chi connectivity index (χ3v) is 6.21. The maximum atomic E-state index is 12.3. The molecule has 8 heteroatoms. The second kappa shape index (κ2) is 7.90. The van der Waals surface area contributed by atoms with Crippen LogP contribution in [0.15, 0.2) is 9.79 Å². The first kappa shape index (κ1) is 21.2. The molecule has 0 aromatic carbocycles. The first-order chi connectivity index (χ1) is 11.8. The predicted molar refractivity (Wildman–Crippen MR) is 115 cm³/mol. The van der Waals surface area contributed by atoms with E-state index in [4.69, 9.17) is 0 Å². The van der Waals surface area contributed by atoms with Crippen LogP contribution in [0.5, 0.6) is 0 Å². The third kappa shape index (κ3) is 3.66. The van der Waals surface area contributed by atoms with Crippen molar-refractivity contribution in [1.29, 1.82) is 0 Å². The highest BCUT2D eigenvalue weighted by atomic mass is 127. The molecule has 2 aliphatic rings. The zero-order valence-corrected chi connectivity index (χ0v) is 19.0. The van der Waals surface area contributed by atoms with Gasteiger partial charge in [-0.3, -0.25) is 9.56 Å². The van der Waals surface area contributed by atoms with Crippen molar-refractivity contribution in [1.82, 2.24) is 24.6 Å². The summed E-state index contributed by atoms with van der Waals surface area (Å²) in [6.07, 6.45) is 3.99. The summed E-state index contributed by atoms with van der Waals surface area (Å²) in [6.45, 7) is 12.4. The molecular weight excluding hydrogens is 443 g/mol. The number of rotatable bonds is 4. The molecule has 0 amide bonds. The Hall–Kier alpha value is -1.06. The van der Waals surface area contributed by atoms with E-state index in [1.54, 1.807) is 4.68 Å². The lowest BCUT2D eigenvalue weighted by atomic mass is 9.65. The van der Waals surface area contributed by atoms with Crippen molar-refractivity contribution in [3.8, 4) is 0 Å². The zero-order valence-electron chi connectivity index (χ0n) is 16.7. The number of likely N-dealkylation sites (tertiary alicyclic amines) is 1. The molecular formula is C18H33IN6O. The first-order valence-electron chi connectivity index (χ1n) is 9.43. The van der Waals surface area contributed by atoms with E-state index >= 15 is 0 Å². The van der Waals surface area contributed by atoms with Gasteiger partial charge in [-0.2, -0.15) is 5.10 Å². The Morgan fingerprint density at radius 3 is 2.58 bits per heavy atom. The molecule has 0 unspecified atom stereocenters. The van der Waals surface area contributed by atoms with Crippen LogP contribution >= 0.6 is 24.0 Å². The number of hydrogen-bond acceptors (Lipinski definition) is 3. The second-order valence-electron chi connectivity index (χ2n) is 8.39. The van der Waals surface area contributed by atoms with E-state index in [0.717, 1.165) is 57.1 Å². The van der Waals surface area contributed by atoms with Crippen molar-refractivity contribution >= 4 is 29.9 Å². The molecule has 26 heavy (non-hydrogen) atoms. The fraction of sp³-hybridized carbons (Fsp3) is 0.833. The summed E-state index contributed by atoms with van der Waals surface area (Å²) >= 11 is 0. The average molecular weight is 476 g/mol. The van der Waals surface area contributed by atoms with Crippen LogP contribution < -0.4 is 11.0 Å². The summed E-state index contributed by atoms with van der Waals surface area (Å²) in [7, 11) is 1.83. The van der Waals surface area contributed by atoms with Crippen LogP contribution in [-0.4, -0.2) is 50.9 Å². The molecule has 148 valence electrons. The second-order valence-corrected chi connectivity index (χ2v) is 8.39. The summed E-state index contributed by atoms with van der Waals surface area (Å²) in [5, 5.41) is 7.93. The van der Waals surface area contributed by atoms with E-state index in [9.17, 15) is 4.79 Å². The lowest BCUT2D eigenvalue weighted by Crippen LogP contribution is -2.72. The lowest BCUT2D eigenvalue weighted by molar-refractivity contribution is -0.0667. The van der Waals surface area contributed by atoms with Crippen LogP contribution in [-0.2, 0) is 19.5 Å². The molecule has 7 nitrogen and oxygen atoms in total. The summed E-state index contributed by atoms with van der Waals surface area (Å²) in [6, 6.07) is 0. The average Bonchev–Trinajstić information content (AvgIpc) is 2.90. The molecule has 1 N–H and O–H groups in total. The maximum absolute atomic E-state index is 12.3. The normalized spacial score (nSPS) is 20.8. The number of nitrogens with one attached hydrogen (secondary N) is 1. The minimum Gasteiger partial charge on any atom is -0.356 e. The molecule has 1 saturated heterocycles. The SMILES string of the molecule is CN=C(NCCCn1nc2n(c1=O)CCCC2)N1CC(C)(C)C1(C)C.I. The highest BCUT2D eigenvalue weighted by molar-refractivity contribution is 14.0. The minimum atomic E-state index is 0. The van der Waals surface area contributed by atoms with Gasteiger partial charge in [-0.1, -0.05) is 13.8 Å². The van der Waals surface area contributed by atoms with Gasteiger partial charge in [0.15, 0.2) is 5.96 Å². The molecule has 3 rings (SSSR count). The van der Waals surface area contributed by atoms with Crippen LogP contribution in [0.4, 0.5) is 0 Å². The number of hydrogen-bond donors (Lipinski definition) is 1. The zero-order chi connectivity index (χ0) is 18.2. The summed E-state index contributed by atoms with van der Waals surface area (Å²) < 4.78 is 3.46. The molecule has 1 fully saturated rings. The lowest BCUT2D eigenvalue weighted by Gasteiger charge is -2.62. The molecule has 0 spiro atoms.